The number of rotatable bonds is 4. The van der Waals surface area contributed by atoms with Crippen LogP contribution in [0.15, 0.2) is 65.7 Å². The van der Waals surface area contributed by atoms with Gasteiger partial charge in [0.2, 0.25) is 0 Å². The normalized spacial score (nSPS) is 13.9. The van der Waals surface area contributed by atoms with Gasteiger partial charge in [-0.15, -0.1) is 0 Å². The molecule has 0 radical (unpaired) electrons. The second kappa shape index (κ2) is 7.96. The molecule has 0 amide bonds. The maximum Gasteiger partial charge on any atom is 0.255 e. The Morgan fingerprint density at radius 2 is 1.94 bits per heavy atom. The summed E-state index contributed by atoms with van der Waals surface area (Å²) >= 11 is 0. The lowest BCUT2D eigenvalue weighted by Gasteiger charge is -2.27. The lowest BCUT2D eigenvalue weighted by atomic mass is 10.1. The summed E-state index contributed by atoms with van der Waals surface area (Å²) in [7, 11) is 0. The average Bonchev–Trinajstić information content (AvgIpc) is 3.08. The molecule has 0 atom stereocenters. The van der Waals surface area contributed by atoms with Crippen molar-refractivity contribution in [3.05, 3.63) is 99.5 Å². The molecule has 5 rings (SSSR count). The van der Waals surface area contributed by atoms with Crippen molar-refractivity contribution in [3.63, 3.8) is 0 Å². The van der Waals surface area contributed by atoms with E-state index < -0.39 is 0 Å². The fraction of sp³-hybridized carbons (Fsp3) is 0.240. The van der Waals surface area contributed by atoms with Crippen LogP contribution in [0.4, 0.5) is 0 Å². The number of nitrogens with zero attached hydrogens (tertiary/aromatic N) is 4. The van der Waals surface area contributed by atoms with Crippen LogP contribution in [-0.4, -0.2) is 31.0 Å². The number of para-hydroxylation sites is 1. The van der Waals surface area contributed by atoms with Crippen LogP contribution in [0.2, 0.25) is 0 Å². The molecule has 0 aliphatic carbocycles. The van der Waals surface area contributed by atoms with E-state index in [4.69, 9.17) is 4.98 Å². The molecule has 1 aliphatic heterocycles. The van der Waals surface area contributed by atoms with Gasteiger partial charge in [0.25, 0.3) is 5.56 Å². The van der Waals surface area contributed by atoms with Crippen LogP contribution < -0.4 is 5.56 Å². The van der Waals surface area contributed by atoms with Crippen molar-refractivity contribution >= 4 is 0 Å². The van der Waals surface area contributed by atoms with Crippen molar-refractivity contribution < 1.29 is 0 Å². The van der Waals surface area contributed by atoms with Crippen LogP contribution in [0, 0.1) is 13.8 Å². The Kier molecular flexibility index (Phi) is 5.00. The maximum absolute atomic E-state index is 12.8. The highest BCUT2D eigenvalue weighted by molar-refractivity contribution is 5.53. The Morgan fingerprint density at radius 1 is 1.10 bits per heavy atom. The molecule has 4 aromatic rings. The average molecular weight is 412 g/mol. The molecule has 0 spiro atoms. The van der Waals surface area contributed by atoms with Gasteiger partial charge in [0.1, 0.15) is 5.82 Å². The van der Waals surface area contributed by atoms with Gasteiger partial charge in [0, 0.05) is 61.1 Å². The molecule has 6 heteroatoms. The van der Waals surface area contributed by atoms with Gasteiger partial charge >= 0.3 is 0 Å². The molecule has 0 unspecified atom stereocenters. The van der Waals surface area contributed by atoms with Crippen LogP contribution in [0.1, 0.15) is 28.2 Å². The van der Waals surface area contributed by atoms with Gasteiger partial charge in [-0.25, -0.2) is 4.98 Å². The fourth-order valence-corrected chi connectivity index (χ4v) is 4.46. The molecular weight excluding hydrogens is 386 g/mol. The van der Waals surface area contributed by atoms with Crippen molar-refractivity contribution in [1.29, 1.82) is 0 Å². The zero-order valence-corrected chi connectivity index (χ0v) is 17.8. The SMILES string of the molecule is Cc1cc(CN2CCc3nc(-c4cccnc4)[nH]c(=O)c3C2)c(C)n1-c1ccccc1. The maximum atomic E-state index is 12.8. The number of aromatic nitrogens is 4. The Bertz CT molecular complexity index is 1270. The number of H-pyrrole nitrogens is 1. The molecule has 156 valence electrons. The second-order valence-corrected chi connectivity index (χ2v) is 8.11. The lowest BCUT2D eigenvalue weighted by Crippen LogP contribution is -2.35. The van der Waals surface area contributed by atoms with Gasteiger partial charge < -0.3 is 9.55 Å². The summed E-state index contributed by atoms with van der Waals surface area (Å²) in [5.41, 5.74) is 7.38. The minimum Gasteiger partial charge on any atom is -0.318 e. The third kappa shape index (κ3) is 3.70. The minimum absolute atomic E-state index is 0.0525. The number of aryl methyl sites for hydroxylation is 1. The van der Waals surface area contributed by atoms with Gasteiger partial charge in [-0.1, -0.05) is 18.2 Å². The van der Waals surface area contributed by atoms with E-state index in [9.17, 15) is 4.79 Å². The minimum atomic E-state index is -0.0525. The zero-order chi connectivity index (χ0) is 21.4. The summed E-state index contributed by atoms with van der Waals surface area (Å²) in [5.74, 6) is 0.594. The molecule has 1 N–H and O–H groups in total. The van der Waals surface area contributed by atoms with E-state index >= 15 is 0 Å². The number of hydrogen-bond donors (Lipinski definition) is 1. The van der Waals surface area contributed by atoms with Gasteiger partial charge in [0.15, 0.2) is 0 Å². The summed E-state index contributed by atoms with van der Waals surface area (Å²) in [5, 5.41) is 0. The van der Waals surface area contributed by atoms with Gasteiger partial charge in [-0.3, -0.25) is 14.7 Å². The van der Waals surface area contributed by atoms with Crippen LogP contribution in [0.5, 0.6) is 0 Å². The molecule has 31 heavy (non-hydrogen) atoms. The summed E-state index contributed by atoms with van der Waals surface area (Å²) in [6.45, 7) is 6.62. The molecule has 0 fully saturated rings. The Balaban J connectivity index is 1.39. The molecule has 3 aromatic heterocycles. The number of hydrogen-bond acceptors (Lipinski definition) is 4. The third-order valence-corrected chi connectivity index (χ3v) is 6.03. The van der Waals surface area contributed by atoms with Gasteiger partial charge in [-0.2, -0.15) is 0 Å². The summed E-state index contributed by atoms with van der Waals surface area (Å²) < 4.78 is 2.29. The number of fused-ring (bicyclic) bond motifs is 1. The summed E-state index contributed by atoms with van der Waals surface area (Å²) in [6, 6.07) is 16.4. The van der Waals surface area contributed by atoms with Crippen LogP contribution in [0.3, 0.4) is 0 Å². The number of nitrogens with one attached hydrogen (secondary N) is 1. The first kappa shape index (κ1) is 19.5. The molecule has 0 saturated carbocycles. The Morgan fingerprint density at radius 3 is 2.71 bits per heavy atom. The first-order valence-electron chi connectivity index (χ1n) is 10.6. The fourth-order valence-electron chi connectivity index (χ4n) is 4.46. The first-order valence-corrected chi connectivity index (χ1v) is 10.6. The highest BCUT2D eigenvalue weighted by atomic mass is 16.1. The number of aromatic amines is 1. The van der Waals surface area contributed by atoms with Gasteiger partial charge in [0.05, 0.1) is 11.3 Å². The topological polar surface area (TPSA) is 66.8 Å². The molecule has 0 bridgehead atoms. The zero-order valence-electron chi connectivity index (χ0n) is 17.8. The number of benzene rings is 1. The standard InChI is InChI=1S/C25H25N5O/c1-17-13-20(18(2)30(17)21-8-4-3-5-9-21)15-29-12-10-23-22(16-29)25(31)28-24(27-23)19-7-6-11-26-14-19/h3-9,11,13-14H,10,12,15-16H2,1-2H3,(H,27,28,31). The predicted molar refractivity (Wildman–Crippen MR) is 121 cm³/mol. The molecular formula is C25H25N5O. The van der Waals surface area contributed by atoms with Crippen LogP contribution in [-0.2, 0) is 19.5 Å². The Labute approximate surface area is 181 Å². The van der Waals surface area contributed by atoms with E-state index in [1.165, 1.54) is 22.6 Å². The van der Waals surface area contributed by atoms with Crippen molar-refractivity contribution in [1.82, 2.24) is 24.4 Å². The van der Waals surface area contributed by atoms with Crippen molar-refractivity contribution in [3.8, 4) is 17.1 Å². The van der Waals surface area contributed by atoms with Crippen LogP contribution >= 0.6 is 0 Å². The van der Waals surface area contributed by atoms with Crippen LogP contribution in [0.25, 0.3) is 17.1 Å². The lowest BCUT2D eigenvalue weighted by molar-refractivity contribution is 0.241. The summed E-state index contributed by atoms with van der Waals surface area (Å²) in [6.07, 6.45) is 4.21. The quantitative estimate of drug-likeness (QED) is 0.555. The Hall–Kier alpha value is -3.51. The molecule has 1 aromatic carbocycles. The van der Waals surface area contributed by atoms with E-state index in [1.54, 1.807) is 12.4 Å². The van der Waals surface area contributed by atoms with E-state index in [-0.39, 0.29) is 5.56 Å². The second-order valence-electron chi connectivity index (χ2n) is 8.11. The van der Waals surface area contributed by atoms with E-state index in [2.05, 4.69) is 63.6 Å². The predicted octanol–water partition coefficient (Wildman–Crippen LogP) is 3.80. The first-order chi connectivity index (χ1) is 15.1. The van der Waals surface area contributed by atoms with Gasteiger partial charge in [-0.05, 0) is 49.7 Å². The van der Waals surface area contributed by atoms with Crippen molar-refractivity contribution in [2.24, 2.45) is 0 Å². The molecule has 4 heterocycles. The van der Waals surface area contributed by atoms with Crippen molar-refractivity contribution in [2.75, 3.05) is 6.54 Å². The van der Waals surface area contributed by atoms with E-state index in [0.717, 1.165) is 36.3 Å². The molecule has 1 aliphatic rings. The smallest absolute Gasteiger partial charge is 0.255 e. The highest BCUT2D eigenvalue weighted by Crippen LogP contribution is 2.24. The van der Waals surface area contributed by atoms with E-state index in [1.807, 2.05) is 18.2 Å². The van der Waals surface area contributed by atoms with E-state index in [0.29, 0.717) is 12.4 Å². The third-order valence-electron chi connectivity index (χ3n) is 6.03. The highest BCUT2D eigenvalue weighted by Gasteiger charge is 2.23. The van der Waals surface area contributed by atoms with Crippen molar-refractivity contribution in [2.45, 2.75) is 33.4 Å². The molecule has 6 nitrogen and oxygen atoms in total. The largest absolute Gasteiger partial charge is 0.318 e. The summed E-state index contributed by atoms with van der Waals surface area (Å²) in [4.78, 5) is 27.0. The monoisotopic (exact) mass is 411 g/mol. The molecule has 0 saturated heterocycles. The number of pyridine rings is 1.